The quantitative estimate of drug-likeness (QED) is 0.510. The van der Waals surface area contributed by atoms with Crippen molar-refractivity contribution in [3.8, 4) is 11.8 Å². The van der Waals surface area contributed by atoms with E-state index in [1.807, 2.05) is 19.8 Å². The number of aryl methyl sites for hydroxylation is 1. The largest absolute Gasteiger partial charge is 0.447 e. The van der Waals surface area contributed by atoms with E-state index in [1.54, 1.807) is 24.3 Å². The molecule has 0 bridgehead atoms. The fourth-order valence-corrected chi connectivity index (χ4v) is 3.81. The molecule has 0 aromatic heterocycles. The number of carbonyl (C=O) groups is 1. The third-order valence-corrected chi connectivity index (χ3v) is 5.50. The zero-order valence-electron chi connectivity index (χ0n) is 29.1. The number of ether oxygens (including phenoxy) is 1. The smallest absolute Gasteiger partial charge is 0.344 e. The molecule has 30 heavy (non-hydrogen) atoms. The Hall–Kier alpha value is -1.83. The highest BCUT2D eigenvalue weighted by atomic mass is 16.6. The Balaban J connectivity index is 2.47. The van der Waals surface area contributed by atoms with E-state index in [1.165, 1.54) is 6.92 Å². The number of benzene rings is 1. The van der Waals surface area contributed by atoms with E-state index >= 15 is 0 Å². The Labute approximate surface area is 198 Å². The van der Waals surface area contributed by atoms with Crippen LogP contribution >= 0.6 is 0 Å². The first-order valence-electron chi connectivity index (χ1n) is 15.7. The van der Waals surface area contributed by atoms with Gasteiger partial charge in [-0.2, -0.15) is 0 Å². The molecule has 1 saturated carbocycles. The van der Waals surface area contributed by atoms with Gasteiger partial charge in [-0.1, -0.05) is 68.3 Å². The molecule has 1 fully saturated rings. The Kier molecular flexibility index (Phi) is 4.72. The molecule has 1 N–H and O–H groups in total. The van der Waals surface area contributed by atoms with E-state index in [2.05, 4.69) is 5.92 Å². The second-order valence-corrected chi connectivity index (χ2v) is 8.06. The predicted molar refractivity (Wildman–Crippen MR) is 122 cm³/mol. The molecule has 0 heterocycles. The molecule has 5 unspecified atom stereocenters. The second-order valence-electron chi connectivity index (χ2n) is 8.06. The highest BCUT2D eigenvalue weighted by Crippen LogP contribution is 2.42. The zero-order chi connectivity index (χ0) is 31.8. The molecule has 1 aromatic carbocycles. The van der Waals surface area contributed by atoms with Crippen LogP contribution in [0.5, 0.6) is 0 Å². The number of esters is 1. The molecule has 0 aliphatic heterocycles. The van der Waals surface area contributed by atoms with Crippen molar-refractivity contribution < 1.29 is 29.7 Å². The van der Waals surface area contributed by atoms with Crippen molar-refractivity contribution in [3.05, 3.63) is 35.4 Å². The van der Waals surface area contributed by atoms with Gasteiger partial charge in [-0.15, -0.1) is 0 Å². The number of rotatable bonds is 7. The van der Waals surface area contributed by atoms with Crippen LogP contribution in [0.25, 0.3) is 0 Å². The van der Waals surface area contributed by atoms with E-state index in [9.17, 15) is 9.90 Å². The molecule has 166 valence electrons. The Morgan fingerprint density at radius 2 is 2.17 bits per heavy atom. The molecular weight excluding hydrogens is 374 g/mol. The SMILES string of the molecule is [2H]C([2H])(C#CC(C)OC(=O)C(O)(c1ccc(C)cc1)C1CCCC(C)C1)N(C([2H])([2H])C([2H])([2H])[2H])C([2H])(C)C([2H])([2H])[2H]. The van der Waals surface area contributed by atoms with Crippen molar-refractivity contribution in [1.29, 1.82) is 0 Å². The second kappa shape index (κ2) is 11.0. The maximum Gasteiger partial charge on any atom is 0.344 e. The summed E-state index contributed by atoms with van der Waals surface area (Å²) in [5, 5.41) is 11.8. The summed E-state index contributed by atoms with van der Waals surface area (Å²) < 4.78 is 92.3. The van der Waals surface area contributed by atoms with Gasteiger partial charge >= 0.3 is 5.97 Å². The van der Waals surface area contributed by atoms with Gasteiger partial charge in [0.2, 0.25) is 0 Å². The van der Waals surface area contributed by atoms with E-state index in [-0.39, 0.29) is 10.8 Å². The van der Waals surface area contributed by atoms with Gasteiger partial charge in [0.25, 0.3) is 0 Å². The summed E-state index contributed by atoms with van der Waals surface area (Å²) in [6.07, 6.45) is 1.53. The minimum atomic E-state index is -3.63. The molecule has 0 spiro atoms. The van der Waals surface area contributed by atoms with E-state index < -0.39 is 56.3 Å². The van der Waals surface area contributed by atoms with Gasteiger partial charge < -0.3 is 9.84 Å². The van der Waals surface area contributed by atoms with Gasteiger partial charge in [0.15, 0.2) is 11.7 Å². The highest BCUT2D eigenvalue weighted by molar-refractivity contribution is 5.82. The molecule has 5 atom stereocenters. The van der Waals surface area contributed by atoms with Crippen LogP contribution in [0.2, 0.25) is 0 Å². The molecule has 4 heteroatoms. The van der Waals surface area contributed by atoms with Crippen LogP contribution in [0, 0.1) is 30.6 Å². The van der Waals surface area contributed by atoms with Crippen LogP contribution in [-0.2, 0) is 15.1 Å². The van der Waals surface area contributed by atoms with Gasteiger partial charge in [-0.25, -0.2) is 4.79 Å². The van der Waals surface area contributed by atoms with Gasteiger partial charge in [0, 0.05) is 24.3 Å². The van der Waals surface area contributed by atoms with Crippen molar-refractivity contribution >= 4 is 5.97 Å². The number of hydrogen-bond acceptors (Lipinski definition) is 4. The first-order chi connectivity index (χ1) is 18.4. The van der Waals surface area contributed by atoms with E-state index in [0.29, 0.717) is 25.3 Å². The van der Waals surface area contributed by atoms with E-state index in [4.69, 9.17) is 19.8 Å². The van der Waals surface area contributed by atoms with Crippen LogP contribution in [0.15, 0.2) is 24.3 Å². The Morgan fingerprint density at radius 1 is 1.43 bits per heavy atom. The standard InChI is InChI=1S/C26H39NO3/c1-7-27(19(2)3)17-9-11-22(6)30-25(28)26(29,23-15-13-20(4)14-16-23)24-12-8-10-21(5)18-24/h13-16,19,21-22,24,29H,7-8,10,12,17-18H2,1-6H3/i1D3,2D3,7D2,17D2,19D. The van der Waals surface area contributed by atoms with Crippen molar-refractivity contribution in [2.24, 2.45) is 11.8 Å². The summed E-state index contributed by atoms with van der Waals surface area (Å²) in [4.78, 5) is 13.3. The number of hydrogen-bond donors (Lipinski definition) is 1. The lowest BCUT2D eigenvalue weighted by molar-refractivity contribution is -0.178. The summed E-state index contributed by atoms with van der Waals surface area (Å²) in [6.45, 7) is -7.95. The summed E-state index contributed by atoms with van der Waals surface area (Å²) in [5.41, 5.74) is -0.770. The van der Waals surface area contributed by atoms with Crippen LogP contribution in [0.4, 0.5) is 0 Å². The molecule has 0 amide bonds. The first-order valence-corrected chi connectivity index (χ1v) is 10.2. The topological polar surface area (TPSA) is 49.8 Å². The highest BCUT2D eigenvalue weighted by Gasteiger charge is 2.48. The number of aliphatic hydroxyl groups is 1. The average Bonchev–Trinajstić information content (AvgIpc) is 2.80. The van der Waals surface area contributed by atoms with Crippen molar-refractivity contribution in [2.75, 3.05) is 13.0 Å². The maximum absolute atomic E-state index is 13.5. The third-order valence-electron chi connectivity index (χ3n) is 5.50. The lowest BCUT2D eigenvalue weighted by Gasteiger charge is -2.39. The van der Waals surface area contributed by atoms with Crippen LogP contribution in [-0.4, -0.2) is 41.1 Å². The Morgan fingerprint density at radius 3 is 2.80 bits per heavy atom. The Bertz CT molecular complexity index is 1110. The van der Waals surface area contributed by atoms with E-state index in [0.717, 1.165) is 18.4 Å². The molecule has 2 rings (SSSR count). The summed E-state index contributed by atoms with van der Waals surface area (Å²) in [6, 6.07) is 3.74. The lowest BCUT2D eigenvalue weighted by Crippen LogP contribution is -2.46. The van der Waals surface area contributed by atoms with Crippen LogP contribution < -0.4 is 0 Å². The normalized spacial score (nSPS) is 31.3. The number of carbonyl (C=O) groups excluding carboxylic acids is 1. The van der Waals surface area contributed by atoms with Crippen LogP contribution in [0.3, 0.4) is 0 Å². The molecule has 4 nitrogen and oxygen atoms in total. The van der Waals surface area contributed by atoms with Crippen molar-refractivity contribution in [1.82, 2.24) is 4.90 Å². The minimum absolute atomic E-state index is 0.236. The molecule has 0 radical (unpaired) electrons. The lowest BCUT2D eigenvalue weighted by atomic mass is 9.70. The summed E-state index contributed by atoms with van der Waals surface area (Å²) in [7, 11) is 0. The maximum atomic E-state index is 13.5. The summed E-state index contributed by atoms with van der Waals surface area (Å²) >= 11 is 0. The molecule has 0 saturated heterocycles. The minimum Gasteiger partial charge on any atom is -0.447 e. The summed E-state index contributed by atoms with van der Waals surface area (Å²) in [5.74, 6) is 3.08. The molecule has 1 aromatic rings. The van der Waals surface area contributed by atoms with Crippen LogP contribution in [0.1, 0.15) is 86.4 Å². The average molecular weight is 425 g/mol. The van der Waals surface area contributed by atoms with Gasteiger partial charge in [-0.05, 0) is 58.4 Å². The predicted octanol–water partition coefficient (Wildman–Crippen LogP) is 4.67. The number of nitrogens with zero attached hydrogens (tertiary/aromatic N) is 1. The zero-order valence-corrected chi connectivity index (χ0v) is 18.1. The molecule has 1 aliphatic rings. The molecular formula is C26H39NO3. The van der Waals surface area contributed by atoms with Crippen molar-refractivity contribution in [3.63, 3.8) is 0 Å². The van der Waals surface area contributed by atoms with Gasteiger partial charge in [0.05, 0.1) is 9.24 Å². The molecule has 1 aliphatic carbocycles. The fourth-order valence-electron chi connectivity index (χ4n) is 3.81. The first kappa shape index (κ1) is 12.9. The van der Waals surface area contributed by atoms with Crippen molar-refractivity contribution in [2.45, 2.75) is 84.8 Å². The fraction of sp³-hybridized carbons (Fsp3) is 0.654. The van der Waals surface area contributed by atoms with Gasteiger partial charge in [-0.3, -0.25) is 4.90 Å². The van der Waals surface area contributed by atoms with Gasteiger partial charge in [0.1, 0.15) is 0 Å². The third kappa shape index (κ3) is 6.09. The monoisotopic (exact) mass is 424 g/mol.